The molecule has 1 aromatic carbocycles. The summed E-state index contributed by atoms with van der Waals surface area (Å²) in [7, 11) is 0. The van der Waals surface area contributed by atoms with Gasteiger partial charge in [0.1, 0.15) is 11.4 Å². The third kappa shape index (κ3) is 5.09. The van der Waals surface area contributed by atoms with Crippen LogP contribution in [0.5, 0.6) is 5.75 Å². The minimum absolute atomic E-state index is 0.0936. The van der Waals surface area contributed by atoms with Crippen LogP contribution >= 0.6 is 0 Å². The summed E-state index contributed by atoms with van der Waals surface area (Å²) < 4.78 is 5.60. The first-order chi connectivity index (χ1) is 13.4. The summed E-state index contributed by atoms with van der Waals surface area (Å²) in [5, 5.41) is 2.84. The number of pyridine rings is 1. The Balaban J connectivity index is 1.67. The van der Waals surface area contributed by atoms with Gasteiger partial charge in [0.15, 0.2) is 0 Å². The summed E-state index contributed by atoms with van der Waals surface area (Å²) in [5.74, 6) is 0.852. The van der Waals surface area contributed by atoms with E-state index in [1.54, 1.807) is 24.3 Å². The molecule has 0 aliphatic carbocycles. The highest BCUT2D eigenvalue weighted by molar-refractivity contribution is 6.05. The standard InChI is InChI=1S/C22H27N3O3/c1-15(2)28-19-8-6-18(7-9-19)24-21(26)17-10-11-23-20(13-17)22(27)25-12-4-5-16(3)14-25/h6-11,13,15-16H,4-5,12,14H2,1-3H3,(H,24,26). The number of nitrogens with one attached hydrogen (secondary N) is 1. The Hall–Kier alpha value is -2.89. The van der Waals surface area contributed by atoms with E-state index in [-0.39, 0.29) is 17.9 Å². The molecule has 1 aliphatic heterocycles. The van der Waals surface area contributed by atoms with Crippen LogP contribution in [0.4, 0.5) is 5.69 Å². The van der Waals surface area contributed by atoms with Gasteiger partial charge in [0.05, 0.1) is 6.10 Å². The van der Waals surface area contributed by atoms with E-state index < -0.39 is 0 Å². The number of amides is 2. The van der Waals surface area contributed by atoms with Crippen LogP contribution in [0.2, 0.25) is 0 Å². The first kappa shape index (κ1) is 19.9. The van der Waals surface area contributed by atoms with Gasteiger partial charge in [-0.15, -0.1) is 0 Å². The molecule has 148 valence electrons. The molecule has 6 nitrogen and oxygen atoms in total. The zero-order valence-corrected chi connectivity index (χ0v) is 16.6. The first-order valence-electron chi connectivity index (χ1n) is 9.76. The predicted molar refractivity (Wildman–Crippen MR) is 109 cm³/mol. The van der Waals surface area contributed by atoms with E-state index >= 15 is 0 Å². The Morgan fingerprint density at radius 3 is 2.64 bits per heavy atom. The Morgan fingerprint density at radius 1 is 1.21 bits per heavy atom. The van der Waals surface area contributed by atoms with E-state index in [0.717, 1.165) is 31.7 Å². The molecule has 1 unspecified atom stereocenters. The first-order valence-corrected chi connectivity index (χ1v) is 9.76. The minimum Gasteiger partial charge on any atom is -0.491 e. The number of hydrogen-bond donors (Lipinski definition) is 1. The number of likely N-dealkylation sites (tertiary alicyclic amines) is 1. The molecule has 0 bridgehead atoms. The van der Waals surface area contributed by atoms with Gasteiger partial charge in [-0.3, -0.25) is 14.6 Å². The van der Waals surface area contributed by atoms with Gasteiger partial charge in [-0.25, -0.2) is 0 Å². The van der Waals surface area contributed by atoms with E-state index in [1.165, 1.54) is 6.20 Å². The fraction of sp³-hybridized carbons (Fsp3) is 0.409. The zero-order valence-electron chi connectivity index (χ0n) is 16.6. The maximum atomic E-state index is 12.7. The number of benzene rings is 1. The normalized spacial score (nSPS) is 16.7. The van der Waals surface area contributed by atoms with Crippen molar-refractivity contribution in [3.8, 4) is 5.75 Å². The Labute approximate surface area is 165 Å². The van der Waals surface area contributed by atoms with Crippen LogP contribution in [0.25, 0.3) is 0 Å². The van der Waals surface area contributed by atoms with Crippen molar-refractivity contribution in [2.75, 3.05) is 18.4 Å². The van der Waals surface area contributed by atoms with Crippen LogP contribution in [0.15, 0.2) is 42.6 Å². The number of carbonyl (C=O) groups is 2. The molecule has 1 aliphatic rings. The third-order valence-corrected chi connectivity index (χ3v) is 4.67. The van der Waals surface area contributed by atoms with Crippen molar-refractivity contribution in [2.24, 2.45) is 5.92 Å². The van der Waals surface area contributed by atoms with Crippen LogP contribution in [0.1, 0.15) is 54.5 Å². The van der Waals surface area contributed by atoms with Crippen LogP contribution in [-0.2, 0) is 0 Å². The third-order valence-electron chi connectivity index (χ3n) is 4.67. The van der Waals surface area contributed by atoms with Crippen molar-refractivity contribution < 1.29 is 14.3 Å². The van der Waals surface area contributed by atoms with Crippen molar-refractivity contribution in [3.05, 3.63) is 53.9 Å². The molecule has 6 heteroatoms. The molecule has 1 fully saturated rings. The molecule has 1 N–H and O–H groups in total. The molecule has 3 rings (SSSR count). The van der Waals surface area contributed by atoms with Gasteiger partial charge in [0.2, 0.25) is 0 Å². The number of hydrogen-bond acceptors (Lipinski definition) is 4. The second-order valence-electron chi connectivity index (χ2n) is 7.57. The van der Waals surface area contributed by atoms with Crippen LogP contribution in [0.3, 0.4) is 0 Å². The lowest BCUT2D eigenvalue weighted by molar-refractivity contribution is 0.0677. The second-order valence-corrected chi connectivity index (χ2v) is 7.57. The fourth-order valence-corrected chi connectivity index (χ4v) is 3.32. The van der Waals surface area contributed by atoms with Crippen molar-refractivity contribution in [1.29, 1.82) is 0 Å². The number of ether oxygens (including phenoxy) is 1. The maximum absolute atomic E-state index is 12.7. The fourth-order valence-electron chi connectivity index (χ4n) is 3.32. The van der Waals surface area contributed by atoms with E-state index in [0.29, 0.717) is 22.9 Å². The highest BCUT2D eigenvalue weighted by Crippen LogP contribution is 2.19. The maximum Gasteiger partial charge on any atom is 0.272 e. The van der Waals surface area contributed by atoms with Crippen molar-refractivity contribution in [2.45, 2.75) is 39.7 Å². The summed E-state index contributed by atoms with van der Waals surface area (Å²) in [6.45, 7) is 7.55. The molecular weight excluding hydrogens is 354 g/mol. The number of anilines is 1. The van der Waals surface area contributed by atoms with Crippen molar-refractivity contribution in [3.63, 3.8) is 0 Å². The molecule has 2 aromatic rings. The lowest BCUT2D eigenvalue weighted by atomic mass is 10.00. The minimum atomic E-state index is -0.277. The average molecular weight is 381 g/mol. The van der Waals surface area contributed by atoms with Crippen LogP contribution < -0.4 is 10.1 Å². The van der Waals surface area contributed by atoms with Gasteiger partial charge in [0, 0.05) is 30.5 Å². The number of aromatic nitrogens is 1. The lowest BCUT2D eigenvalue weighted by Gasteiger charge is -2.30. The molecule has 0 spiro atoms. The average Bonchev–Trinajstić information content (AvgIpc) is 2.68. The molecule has 1 atom stereocenters. The smallest absolute Gasteiger partial charge is 0.272 e. The number of rotatable bonds is 5. The van der Waals surface area contributed by atoms with E-state index in [2.05, 4.69) is 17.2 Å². The number of piperidine rings is 1. The molecule has 28 heavy (non-hydrogen) atoms. The lowest BCUT2D eigenvalue weighted by Crippen LogP contribution is -2.39. The second kappa shape index (κ2) is 8.87. The summed E-state index contributed by atoms with van der Waals surface area (Å²) in [4.78, 5) is 31.3. The molecular formula is C22H27N3O3. The quantitative estimate of drug-likeness (QED) is 0.850. The summed E-state index contributed by atoms with van der Waals surface area (Å²) in [6, 6.07) is 10.4. The highest BCUT2D eigenvalue weighted by Gasteiger charge is 2.23. The van der Waals surface area contributed by atoms with Gasteiger partial charge in [-0.05, 0) is 69.0 Å². The van der Waals surface area contributed by atoms with E-state index in [1.807, 2.05) is 30.9 Å². The monoisotopic (exact) mass is 381 g/mol. The van der Waals surface area contributed by atoms with Gasteiger partial charge in [0.25, 0.3) is 11.8 Å². The van der Waals surface area contributed by atoms with Gasteiger partial charge in [-0.2, -0.15) is 0 Å². The largest absolute Gasteiger partial charge is 0.491 e. The number of nitrogens with zero attached hydrogens (tertiary/aromatic N) is 2. The highest BCUT2D eigenvalue weighted by atomic mass is 16.5. The summed E-state index contributed by atoms with van der Waals surface area (Å²) in [6.07, 6.45) is 3.75. The number of carbonyl (C=O) groups excluding carboxylic acids is 2. The predicted octanol–water partition coefficient (Wildman–Crippen LogP) is 3.99. The van der Waals surface area contributed by atoms with Gasteiger partial charge in [-0.1, -0.05) is 6.92 Å². The molecule has 0 radical (unpaired) electrons. The topological polar surface area (TPSA) is 71.5 Å². The molecule has 0 saturated carbocycles. The molecule has 1 aromatic heterocycles. The van der Waals surface area contributed by atoms with Crippen molar-refractivity contribution >= 4 is 17.5 Å². The van der Waals surface area contributed by atoms with E-state index in [4.69, 9.17) is 4.74 Å². The summed E-state index contributed by atoms with van der Waals surface area (Å²) >= 11 is 0. The van der Waals surface area contributed by atoms with Gasteiger partial charge < -0.3 is 15.0 Å². The van der Waals surface area contributed by atoms with Crippen LogP contribution in [0, 0.1) is 5.92 Å². The van der Waals surface area contributed by atoms with Crippen LogP contribution in [-0.4, -0.2) is 40.9 Å². The molecule has 1 saturated heterocycles. The Kier molecular flexibility index (Phi) is 6.29. The van der Waals surface area contributed by atoms with E-state index in [9.17, 15) is 9.59 Å². The Morgan fingerprint density at radius 2 is 1.96 bits per heavy atom. The Bertz CT molecular complexity index is 833. The summed E-state index contributed by atoms with van der Waals surface area (Å²) in [5.41, 5.74) is 1.38. The van der Waals surface area contributed by atoms with Gasteiger partial charge >= 0.3 is 0 Å². The zero-order chi connectivity index (χ0) is 20.1. The molecule has 2 amide bonds. The SMILES string of the molecule is CC1CCCN(C(=O)c2cc(C(=O)Nc3ccc(OC(C)C)cc3)ccn2)C1. The molecule has 2 heterocycles. The van der Waals surface area contributed by atoms with Crippen molar-refractivity contribution in [1.82, 2.24) is 9.88 Å².